The molecule has 3 rings (SSSR count). The molecular formula is C15H24AuN3O9+6. The van der Waals surface area contributed by atoms with Gasteiger partial charge < -0.3 is 15.3 Å². The predicted molar refractivity (Wildman–Crippen MR) is 86.3 cm³/mol. The van der Waals surface area contributed by atoms with E-state index in [-0.39, 0.29) is 22.4 Å². The molecule has 158 valence electrons. The van der Waals surface area contributed by atoms with E-state index in [4.69, 9.17) is 30.9 Å². The third-order valence-electron chi connectivity index (χ3n) is 4.08. The van der Waals surface area contributed by atoms with Crippen LogP contribution in [-0.2, 0) is 36.8 Å². The molecular weight excluding hydrogens is 563 g/mol. The van der Waals surface area contributed by atoms with Crippen molar-refractivity contribution in [3.05, 3.63) is 0 Å². The minimum atomic E-state index is -0.966. The van der Waals surface area contributed by atoms with Gasteiger partial charge in [0.25, 0.3) is 18.1 Å². The Balaban J connectivity index is 0.000000384. The number of nitrogens with zero attached hydrogens (tertiary/aromatic N) is 3. The van der Waals surface area contributed by atoms with Gasteiger partial charge in [-0.1, -0.05) is 0 Å². The molecule has 0 radical (unpaired) electrons. The number of hydrogen-bond donors (Lipinski definition) is 6. The summed E-state index contributed by atoms with van der Waals surface area (Å²) in [5.74, 6) is -2.90. The summed E-state index contributed by atoms with van der Waals surface area (Å²) in [5, 5.41) is 51.4. The molecule has 0 aliphatic carbocycles. The molecule has 0 saturated carbocycles. The fourth-order valence-corrected chi connectivity index (χ4v) is 2.58. The fourth-order valence-electron chi connectivity index (χ4n) is 2.58. The summed E-state index contributed by atoms with van der Waals surface area (Å²) >= 11 is 0. The van der Waals surface area contributed by atoms with Crippen molar-refractivity contribution in [2.75, 3.05) is 0 Å². The van der Waals surface area contributed by atoms with Gasteiger partial charge in [0.1, 0.15) is 0 Å². The third kappa shape index (κ3) is 7.66. The monoisotopic (exact) mass is 587 g/mol. The minimum absolute atomic E-state index is 0. The summed E-state index contributed by atoms with van der Waals surface area (Å²) in [6, 6.07) is -2.15. The van der Waals surface area contributed by atoms with Gasteiger partial charge in [0.2, 0.25) is 0 Å². The number of hydrogen-bond acceptors (Lipinski definition) is 6. The summed E-state index contributed by atoms with van der Waals surface area (Å²) in [5.41, 5.74) is 0. The van der Waals surface area contributed by atoms with Gasteiger partial charge in [0, 0.05) is 38.5 Å². The first-order chi connectivity index (χ1) is 12.6. The molecule has 12 nitrogen and oxygen atoms in total. The first-order valence-corrected chi connectivity index (χ1v) is 8.25. The van der Waals surface area contributed by atoms with Gasteiger partial charge >= 0.3 is 40.3 Å². The van der Waals surface area contributed by atoms with Crippen LogP contribution in [-0.4, -0.2) is 99.8 Å². The third-order valence-corrected chi connectivity index (χ3v) is 4.08. The van der Waals surface area contributed by atoms with Crippen molar-refractivity contribution in [3.8, 4) is 0 Å². The van der Waals surface area contributed by atoms with Crippen molar-refractivity contribution in [1.82, 2.24) is 0 Å². The van der Waals surface area contributed by atoms with Crippen LogP contribution < -0.4 is 0 Å². The Bertz CT molecular complexity index is 587. The summed E-state index contributed by atoms with van der Waals surface area (Å²) in [7, 11) is 0. The zero-order valence-electron chi connectivity index (χ0n) is 14.8. The molecule has 13 heteroatoms. The van der Waals surface area contributed by atoms with Crippen LogP contribution in [0.2, 0.25) is 0 Å². The first kappa shape index (κ1) is 25.6. The van der Waals surface area contributed by atoms with Crippen LogP contribution in [0.3, 0.4) is 0 Å². The quantitative estimate of drug-likeness (QED) is 0.139. The second-order valence-corrected chi connectivity index (χ2v) is 5.98. The number of rotatable bonds is 3. The predicted octanol–water partition coefficient (Wildman–Crippen LogP) is -0.885. The van der Waals surface area contributed by atoms with Crippen LogP contribution in [0.15, 0.2) is 0 Å². The fraction of sp³-hybridized carbons (Fsp3) is 0.600. The smallest absolute Gasteiger partial charge is 0.476 e. The Morgan fingerprint density at radius 1 is 0.607 bits per heavy atom. The Kier molecular flexibility index (Phi) is 11.0. The Morgan fingerprint density at radius 3 is 0.893 bits per heavy atom. The topological polar surface area (TPSA) is 182 Å². The number of hydroxylamine groups is 3. The second-order valence-electron chi connectivity index (χ2n) is 5.98. The number of carbonyl (C=O) groups is 3. The molecule has 3 aliphatic heterocycles. The van der Waals surface area contributed by atoms with Gasteiger partial charge in [-0.15, -0.1) is 0 Å². The zero-order chi connectivity index (χ0) is 20.6. The maximum atomic E-state index is 10.2. The van der Waals surface area contributed by atoms with Crippen LogP contribution in [0, 0.1) is 0 Å². The molecule has 0 spiro atoms. The zero-order valence-corrected chi connectivity index (χ0v) is 16.9. The molecule has 6 N–H and O–H groups in total. The molecule has 0 saturated heterocycles. The normalized spacial score (nSPS) is 24.9. The molecule has 0 fully saturated rings. The van der Waals surface area contributed by atoms with E-state index in [1.54, 1.807) is 0 Å². The van der Waals surface area contributed by atoms with Gasteiger partial charge in [-0.25, -0.2) is 14.4 Å². The Labute approximate surface area is 175 Å². The minimum Gasteiger partial charge on any atom is -0.476 e. The van der Waals surface area contributed by atoms with Gasteiger partial charge in [0.15, 0.2) is 18.6 Å². The van der Waals surface area contributed by atoms with E-state index in [1.807, 2.05) is 0 Å². The van der Waals surface area contributed by atoms with Crippen LogP contribution in [0.1, 0.15) is 38.5 Å². The number of carboxylic acid groups (broad SMARTS) is 3. The van der Waals surface area contributed by atoms with Crippen molar-refractivity contribution in [2.24, 2.45) is 0 Å². The summed E-state index contributed by atoms with van der Waals surface area (Å²) in [6.45, 7) is 0. The van der Waals surface area contributed by atoms with E-state index in [1.165, 1.54) is 18.6 Å². The van der Waals surface area contributed by atoms with Crippen molar-refractivity contribution < 1.29 is 81.9 Å². The van der Waals surface area contributed by atoms with Crippen molar-refractivity contribution in [1.29, 1.82) is 0 Å². The second kappa shape index (κ2) is 12.1. The summed E-state index contributed by atoms with van der Waals surface area (Å²) in [6.07, 6.45) is 7.87. The average Bonchev–Trinajstić information content (AvgIpc) is 3.29. The molecule has 0 bridgehead atoms. The van der Waals surface area contributed by atoms with Crippen molar-refractivity contribution >= 4 is 36.6 Å². The molecule has 0 aromatic rings. The van der Waals surface area contributed by atoms with Crippen molar-refractivity contribution in [3.63, 3.8) is 0 Å². The summed E-state index contributed by atoms with van der Waals surface area (Å²) < 4.78 is 2.26. The Hall–Kier alpha value is -2.44. The molecule has 0 aromatic heterocycles. The van der Waals surface area contributed by atoms with Crippen LogP contribution >= 0.6 is 0 Å². The largest absolute Gasteiger partial charge is 3.00 e. The van der Waals surface area contributed by atoms with Gasteiger partial charge in [-0.05, 0) is 14.2 Å². The maximum absolute atomic E-state index is 10.2. The number of aliphatic carboxylic acids is 3. The molecule has 0 amide bonds. The van der Waals surface area contributed by atoms with E-state index >= 15 is 0 Å². The average molecular weight is 587 g/mol. The van der Waals surface area contributed by atoms with Gasteiger partial charge in [0.05, 0.1) is 0 Å². The van der Waals surface area contributed by atoms with Gasteiger partial charge in [-0.2, -0.15) is 0 Å². The van der Waals surface area contributed by atoms with Gasteiger partial charge in [-0.3, -0.25) is 15.6 Å². The SMILES string of the molecule is O=C(O)C1CCC=[N+]1O.O=C(O)C1CCC=[N+]1O.O=C(O)C1CCC=[N+]1O.[Au+3]. The molecule has 0 aromatic carbocycles. The van der Waals surface area contributed by atoms with E-state index < -0.39 is 36.0 Å². The molecule has 3 unspecified atom stereocenters. The van der Waals surface area contributed by atoms with E-state index in [0.29, 0.717) is 38.5 Å². The molecule has 28 heavy (non-hydrogen) atoms. The first-order valence-electron chi connectivity index (χ1n) is 8.25. The van der Waals surface area contributed by atoms with Crippen LogP contribution in [0.4, 0.5) is 0 Å². The van der Waals surface area contributed by atoms with Crippen LogP contribution in [0.25, 0.3) is 0 Å². The Morgan fingerprint density at radius 2 is 0.821 bits per heavy atom. The van der Waals surface area contributed by atoms with Crippen molar-refractivity contribution in [2.45, 2.75) is 56.7 Å². The van der Waals surface area contributed by atoms with E-state index in [0.717, 1.165) is 14.2 Å². The van der Waals surface area contributed by atoms with Crippen LogP contribution in [0.5, 0.6) is 0 Å². The maximum Gasteiger partial charge on any atom is 3.00 e. The van der Waals surface area contributed by atoms with E-state index in [2.05, 4.69) is 0 Å². The standard InChI is InChI=1S/3C5H7NO3.Au/c3*7-5(8)4-2-1-3-6(4)9;/h3*3-4H,1-2H2,(H-,7,8,9);/q;;;+3/p+3. The summed E-state index contributed by atoms with van der Waals surface area (Å²) in [4.78, 5) is 30.6. The molecule has 3 aliphatic rings. The number of carboxylic acids is 3. The molecule has 3 atom stereocenters. The van der Waals surface area contributed by atoms with E-state index in [9.17, 15) is 14.4 Å². The molecule has 3 heterocycles.